The fraction of sp³-hybridized carbons (Fsp3) is 0.312. The molecule has 2 amide bonds. The van der Waals surface area contributed by atoms with Gasteiger partial charge in [-0.1, -0.05) is 23.9 Å². The number of ether oxygens (including phenoxy) is 1. The van der Waals surface area contributed by atoms with Crippen LogP contribution in [0.15, 0.2) is 30.3 Å². The number of anilines is 1. The first-order valence-electron chi connectivity index (χ1n) is 7.25. The lowest BCUT2D eigenvalue weighted by Crippen LogP contribution is -2.33. The second-order valence-electron chi connectivity index (χ2n) is 4.79. The van der Waals surface area contributed by atoms with E-state index in [2.05, 4.69) is 5.32 Å². The zero-order chi connectivity index (χ0) is 16.7. The fourth-order valence-electron chi connectivity index (χ4n) is 1.98. The van der Waals surface area contributed by atoms with Gasteiger partial charge in [0.1, 0.15) is 6.54 Å². The van der Waals surface area contributed by atoms with E-state index in [1.54, 1.807) is 37.3 Å². The van der Waals surface area contributed by atoms with Crippen molar-refractivity contribution in [2.75, 3.05) is 30.8 Å². The molecule has 2 rings (SSSR count). The molecule has 1 aromatic carbocycles. The molecule has 1 heterocycles. The van der Waals surface area contributed by atoms with Crippen LogP contribution < -0.4 is 5.32 Å². The van der Waals surface area contributed by atoms with E-state index in [0.717, 1.165) is 11.3 Å². The molecular formula is C16H18N2O4S. The second-order valence-corrected chi connectivity index (χ2v) is 5.84. The van der Waals surface area contributed by atoms with Gasteiger partial charge in [0.05, 0.1) is 6.61 Å². The number of nitrogens with one attached hydrogen (secondary N) is 1. The number of thioether (sulfide) groups is 1. The number of carbonyl (C=O) groups is 3. The number of rotatable bonds is 6. The molecule has 0 aromatic heterocycles. The minimum absolute atomic E-state index is 0.0559. The Morgan fingerprint density at radius 2 is 2.09 bits per heavy atom. The maximum Gasteiger partial charge on any atom is 0.330 e. The first kappa shape index (κ1) is 17.1. The number of benzene rings is 1. The van der Waals surface area contributed by atoms with Crippen molar-refractivity contribution in [3.8, 4) is 0 Å². The standard InChI is InChI=1S/C16H18N2O4S/c1-2-22-15(20)8-5-12-3-6-13(7-4-12)17-14(19)11-18-9-10-23-16(18)21/h3-8H,2,9-11H2,1H3,(H,17,19). The Kier molecular flexibility index (Phi) is 6.22. The van der Waals surface area contributed by atoms with Crippen LogP contribution >= 0.6 is 11.8 Å². The Bertz CT molecular complexity index is 613. The van der Waals surface area contributed by atoms with E-state index in [-0.39, 0.29) is 17.7 Å². The number of hydrogen-bond acceptors (Lipinski definition) is 5. The number of esters is 1. The van der Waals surface area contributed by atoms with E-state index in [1.165, 1.54) is 22.7 Å². The van der Waals surface area contributed by atoms with Crippen molar-refractivity contribution < 1.29 is 19.1 Å². The second kappa shape index (κ2) is 8.38. The van der Waals surface area contributed by atoms with Gasteiger partial charge in [0.2, 0.25) is 5.91 Å². The maximum atomic E-state index is 11.9. The van der Waals surface area contributed by atoms with Crippen molar-refractivity contribution in [3.05, 3.63) is 35.9 Å². The molecule has 23 heavy (non-hydrogen) atoms. The molecule has 1 aliphatic rings. The number of carbonyl (C=O) groups excluding carboxylic acids is 3. The van der Waals surface area contributed by atoms with Crippen LogP contribution in [-0.4, -0.2) is 47.5 Å². The number of hydrogen-bond donors (Lipinski definition) is 1. The first-order chi connectivity index (χ1) is 11.1. The average Bonchev–Trinajstić information content (AvgIpc) is 2.92. The summed E-state index contributed by atoms with van der Waals surface area (Å²) in [5.41, 5.74) is 1.46. The SMILES string of the molecule is CCOC(=O)C=Cc1ccc(NC(=O)CN2CCSC2=O)cc1. The summed E-state index contributed by atoms with van der Waals surface area (Å²) in [7, 11) is 0. The van der Waals surface area contributed by atoms with Gasteiger partial charge in [-0.2, -0.15) is 0 Å². The third kappa shape index (κ3) is 5.45. The molecule has 0 radical (unpaired) electrons. The lowest BCUT2D eigenvalue weighted by atomic mass is 10.2. The Morgan fingerprint density at radius 1 is 1.35 bits per heavy atom. The summed E-state index contributed by atoms with van der Waals surface area (Å²) in [4.78, 5) is 36.1. The maximum absolute atomic E-state index is 11.9. The van der Waals surface area contributed by atoms with Crippen molar-refractivity contribution in [2.24, 2.45) is 0 Å². The van der Waals surface area contributed by atoms with Crippen molar-refractivity contribution in [2.45, 2.75) is 6.92 Å². The Labute approximate surface area is 138 Å². The van der Waals surface area contributed by atoms with E-state index in [4.69, 9.17) is 4.74 Å². The molecule has 1 aromatic rings. The van der Waals surface area contributed by atoms with Crippen LogP contribution in [0.3, 0.4) is 0 Å². The number of amides is 2. The summed E-state index contributed by atoms with van der Waals surface area (Å²) in [6.45, 7) is 2.76. The summed E-state index contributed by atoms with van der Waals surface area (Å²) in [6, 6.07) is 7.04. The van der Waals surface area contributed by atoms with Crippen molar-refractivity contribution >= 4 is 40.6 Å². The van der Waals surface area contributed by atoms with E-state index in [1.807, 2.05) is 0 Å². The van der Waals surface area contributed by atoms with Crippen molar-refractivity contribution in [1.82, 2.24) is 4.90 Å². The van der Waals surface area contributed by atoms with Gasteiger partial charge in [-0.05, 0) is 30.7 Å². The summed E-state index contributed by atoms with van der Waals surface area (Å²) in [5.74, 6) is 0.113. The molecule has 1 N–H and O–H groups in total. The largest absolute Gasteiger partial charge is 0.463 e. The van der Waals surface area contributed by atoms with Gasteiger partial charge in [0.15, 0.2) is 0 Å². The highest BCUT2D eigenvalue weighted by Crippen LogP contribution is 2.17. The zero-order valence-electron chi connectivity index (χ0n) is 12.8. The van der Waals surface area contributed by atoms with Crippen LogP contribution in [0.4, 0.5) is 10.5 Å². The minimum atomic E-state index is -0.391. The Morgan fingerprint density at radius 3 is 2.70 bits per heavy atom. The zero-order valence-corrected chi connectivity index (χ0v) is 13.6. The molecule has 1 saturated heterocycles. The van der Waals surface area contributed by atoms with Crippen LogP contribution in [0.5, 0.6) is 0 Å². The summed E-state index contributed by atoms with van der Waals surface area (Å²) in [5, 5.41) is 2.69. The third-order valence-corrected chi connectivity index (χ3v) is 3.96. The van der Waals surface area contributed by atoms with Crippen LogP contribution in [0.2, 0.25) is 0 Å². The van der Waals surface area contributed by atoms with Gasteiger partial charge < -0.3 is 15.0 Å². The van der Waals surface area contributed by atoms with Crippen molar-refractivity contribution in [3.63, 3.8) is 0 Å². The normalized spacial score (nSPS) is 14.3. The monoisotopic (exact) mass is 334 g/mol. The average molecular weight is 334 g/mol. The molecule has 1 aliphatic heterocycles. The molecule has 0 saturated carbocycles. The van der Waals surface area contributed by atoms with Gasteiger partial charge >= 0.3 is 5.97 Å². The number of nitrogens with zero attached hydrogens (tertiary/aromatic N) is 1. The minimum Gasteiger partial charge on any atom is -0.463 e. The highest BCUT2D eigenvalue weighted by Gasteiger charge is 2.23. The summed E-state index contributed by atoms with van der Waals surface area (Å²) in [6.07, 6.45) is 3.00. The molecule has 122 valence electrons. The van der Waals surface area contributed by atoms with Gasteiger partial charge in [0.25, 0.3) is 5.24 Å². The van der Waals surface area contributed by atoms with E-state index in [9.17, 15) is 14.4 Å². The third-order valence-electron chi connectivity index (χ3n) is 3.07. The molecular weight excluding hydrogens is 316 g/mol. The van der Waals surface area contributed by atoms with Gasteiger partial charge in [-0.25, -0.2) is 4.79 Å². The smallest absolute Gasteiger partial charge is 0.330 e. The summed E-state index contributed by atoms with van der Waals surface area (Å²) < 4.78 is 4.80. The molecule has 6 nitrogen and oxygen atoms in total. The quantitative estimate of drug-likeness (QED) is 0.638. The van der Waals surface area contributed by atoms with Crippen LogP contribution in [-0.2, 0) is 14.3 Å². The van der Waals surface area contributed by atoms with Gasteiger partial charge in [-0.15, -0.1) is 0 Å². The molecule has 7 heteroatoms. The molecule has 0 unspecified atom stereocenters. The lowest BCUT2D eigenvalue weighted by Gasteiger charge is -2.14. The van der Waals surface area contributed by atoms with E-state index >= 15 is 0 Å². The van der Waals surface area contributed by atoms with Gasteiger partial charge in [-0.3, -0.25) is 9.59 Å². The van der Waals surface area contributed by atoms with Crippen LogP contribution in [0, 0.1) is 0 Å². The predicted molar refractivity (Wildman–Crippen MR) is 90.2 cm³/mol. The van der Waals surface area contributed by atoms with Crippen LogP contribution in [0.25, 0.3) is 6.08 Å². The lowest BCUT2D eigenvalue weighted by molar-refractivity contribution is -0.137. The Balaban J connectivity index is 1.85. The van der Waals surface area contributed by atoms with E-state index < -0.39 is 5.97 Å². The predicted octanol–water partition coefficient (Wildman–Crippen LogP) is 2.37. The van der Waals surface area contributed by atoms with Gasteiger partial charge in [0, 0.05) is 24.1 Å². The molecule has 0 spiro atoms. The molecule has 0 aliphatic carbocycles. The molecule has 0 atom stereocenters. The molecule has 0 bridgehead atoms. The van der Waals surface area contributed by atoms with Crippen molar-refractivity contribution in [1.29, 1.82) is 0 Å². The highest BCUT2D eigenvalue weighted by molar-refractivity contribution is 8.13. The highest BCUT2D eigenvalue weighted by atomic mass is 32.2. The molecule has 1 fully saturated rings. The fourth-order valence-corrected chi connectivity index (χ4v) is 2.80. The Hall–Kier alpha value is -2.28. The van der Waals surface area contributed by atoms with Crippen LogP contribution in [0.1, 0.15) is 12.5 Å². The first-order valence-corrected chi connectivity index (χ1v) is 8.23. The van der Waals surface area contributed by atoms with E-state index in [0.29, 0.717) is 18.8 Å². The summed E-state index contributed by atoms with van der Waals surface area (Å²) >= 11 is 1.23. The topological polar surface area (TPSA) is 75.7 Å².